The Morgan fingerprint density at radius 1 is 1.31 bits per heavy atom. The van der Waals surface area contributed by atoms with Crippen molar-refractivity contribution in [2.75, 3.05) is 0 Å². The third-order valence-electron chi connectivity index (χ3n) is 2.83. The molecule has 0 fully saturated rings. The number of hydrogen-bond donors (Lipinski definition) is 0. The maximum absolute atomic E-state index is 5.36. The standard InChI is InChI=1S/C7H15.C3H2NO.Sn/c1-4-7(5-2)6-3;1-2-5-3-4-1;/h4-6H2,1-3H3;1-2H;. The van der Waals surface area contributed by atoms with Gasteiger partial charge in [0, 0.05) is 0 Å². The molecule has 3 heteroatoms. The van der Waals surface area contributed by atoms with Crippen molar-refractivity contribution >= 4 is 25.0 Å². The molecule has 72 valence electrons. The molecule has 0 aliphatic rings. The topological polar surface area (TPSA) is 26.0 Å². The van der Waals surface area contributed by atoms with Crippen LogP contribution in [0.4, 0.5) is 0 Å². The van der Waals surface area contributed by atoms with E-state index in [-0.39, 0.29) is 0 Å². The molecule has 0 spiro atoms. The minimum atomic E-state index is -0.635. The summed E-state index contributed by atoms with van der Waals surface area (Å²) in [5.41, 5.74) is 0. The zero-order valence-electron chi connectivity index (χ0n) is 8.63. The molecule has 0 aliphatic heterocycles. The molecule has 0 atom stereocenters. The molecule has 0 unspecified atom stereocenters. The molecular weight excluding hydrogens is 269 g/mol. The molecular formula is C10H17NOSn. The van der Waals surface area contributed by atoms with E-state index in [4.69, 9.17) is 4.42 Å². The van der Waals surface area contributed by atoms with Crippen molar-refractivity contribution in [1.82, 2.24) is 4.98 Å². The molecule has 0 aliphatic carbocycles. The maximum atomic E-state index is 5.36. The third-order valence-corrected chi connectivity index (χ3v) is 8.69. The fourth-order valence-corrected chi connectivity index (χ4v) is 5.09. The van der Waals surface area contributed by atoms with E-state index in [2.05, 4.69) is 25.8 Å². The van der Waals surface area contributed by atoms with Crippen molar-refractivity contribution in [2.24, 2.45) is 0 Å². The van der Waals surface area contributed by atoms with Gasteiger partial charge in [-0.3, -0.25) is 0 Å². The Labute approximate surface area is 90.3 Å². The van der Waals surface area contributed by atoms with Gasteiger partial charge in [0.25, 0.3) is 0 Å². The van der Waals surface area contributed by atoms with E-state index >= 15 is 0 Å². The summed E-state index contributed by atoms with van der Waals surface area (Å²) in [4.78, 5) is 4.25. The van der Waals surface area contributed by atoms with Gasteiger partial charge in [0.2, 0.25) is 0 Å². The second-order valence-corrected chi connectivity index (χ2v) is 8.26. The summed E-state index contributed by atoms with van der Waals surface area (Å²) in [6.07, 6.45) is 7.28. The van der Waals surface area contributed by atoms with E-state index in [0.717, 1.165) is 3.91 Å². The van der Waals surface area contributed by atoms with Gasteiger partial charge in [-0.15, -0.1) is 0 Å². The van der Waals surface area contributed by atoms with E-state index in [1.54, 1.807) is 12.5 Å². The fourth-order valence-electron chi connectivity index (χ4n) is 1.53. The Bertz CT molecular complexity index is 221. The van der Waals surface area contributed by atoms with Crippen LogP contribution in [-0.4, -0.2) is 26.1 Å². The van der Waals surface area contributed by atoms with Crippen LogP contribution in [0.5, 0.6) is 0 Å². The van der Waals surface area contributed by atoms with Gasteiger partial charge >= 0.3 is 90.4 Å². The van der Waals surface area contributed by atoms with Crippen LogP contribution in [0, 0.1) is 0 Å². The summed E-state index contributed by atoms with van der Waals surface area (Å²) in [5.74, 6) is 0. The third kappa shape index (κ3) is 2.73. The van der Waals surface area contributed by atoms with Gasteiger partial charge in [-0.2, -0.15) is 0 Å². The fraction of sp³-hybridized carbons (Fsp3) is 0.700. The number of oxazole rings is 1. The van der Waals surface area contributed by atoms with Crippen LogP contribution in [0.1, 0.15) is 40.0 Å². The predicted octanol–water partition coefficient (Wildman–Crippen LogP) is 2.39. The van der Waals surface area contributed by atoms with E-state index in [1.807, 2.05) is 0 Å². The Balaban J connectivity index is 2.67. The SMILES string of the molecule is CC[C](CC)(CC)[Sn][c]1ncco1. The Kier molecular flexibility index (Phi) is 4.29. The van der Waals surface area contributed by atoms with Crippen molar-refractivity contribution in [3.05, 3.63) is 12.5 Å². The van der Waals surface area contributed by atoms with Gasteiger partial charge < -0.3 is 0 Å². The summed E-state index contributed by atoms with van der Waals surface area (Å²) < 4.78 is 6.97. The van der Waals surface area contributed by atoms with Crippen LogP contribution >= 0.6 is 0 Å². The van der Waals surface area contributed by atoms with Crippen molar-refractivity contribution in [3.63, 3.8) is 0 Å². The summed E-state index contributed by atoms with van der Waals surface area (Å²) in [6, 6.07) is 0. The van der Waals surface area contributed by atoms with Gasteiger partial charge in [0.05, 0.1) is 0 Å². The molecule has 0 saturated carbocycles. The van der Waals surface area contributed by atoms with Crippen LogP contribution < -0.4 is 3.91 Å². The second kappa shape index (κ2) is 5.03. The van der Waals surface area contributed by atoms with Crippen LogP contribution in [0.2, 0.25) is 3.43 Å². The molecule has 0 amide bonds. The second-order valence-electron chi connectivity index (χ2n) is 3.30. The molecule has 0 saturated heterocycles. The van der Waals surface area contributed by atoms with Crippen LogP contribution in [-0.2, 0) is 0 Å². The van der Waals surface area contributed by atoms with Crippen molar-refractivity contribution < 1.29 is 4.42 Å². The average Bonchev–Trinajstić information content (AvgIpc) is 2.67. The van der Waals surface area contributed by atoms with Gasteiger partial charge in [0.1, 0.15) is 0 Å². The number of aromatic nitrogens is 1. The van der Waals surface area contributed by atoms with E-state index < -0.39 is 21.1 Å². The predicted molar refractivity (Wildman–Crippen MR) is 55.5 cm³/mol. The average molecular weight is 286 g/mol. The first-order valence-corrected chi connectivity index (χ1v) is 7.79. The molecule has 0 bridgehead atoms. The molecule has 13 heavy (non-hydrogen) atoms. The summed E-state index contributed by atoms with van der Waals surface area (Å²) >= 11 is -0.635. The minimum absolute atomic E-state index is 0.564. The van der Waals surface area contributed by atoms with Crippen LogP contribution in [0.15, 0.2) is 16.9 Å². The Hall–Kier alpha value is 0.00870. The van der Waals surface area contributed by atoms with Crippen molar-refractivity contribution in [1.29, 1.82) is 0 Å². The molecule has 2 nitrogen and oxygen atoms in total. The molecule has 1 aromatic heterocycles. The first-order valence-electron chi connectivity index (χ1n) is 4.94. The molecule has 1 heterocycles. The first-order chi connectivity index (χ1) is 6.26. The first kappa shape index (κ1) is 11.1. The summed E-state index contributed by atoms with van der Waals surface area (Å²) in [5, 5.41) is 0. The van der Waals surface area contributed by atoms with Crippen LogP contribution in [0.25, 0.3) is 0 Å². The van der Waals surface area contributed by atoms with Gasteiger partial charge in [-0.25, -0.2) is 0 Å². The monoisotopic (exact) mass is 287 g/mol. The van der Waals surface area contributed by atoms with E-state index in [9.17, 15) is 0 Å². The molecule has 1 rings (SSSR count). The van der Waals surface area contributed by atoms with Crippen LogP contribution in [0.3, 0.4) is 0 Å². The van der Waals surface area contributed by atoms with Gasteiger partial charge in [-0.1, -0.05) is 0 Å². The van der Waals surface area contributed by atoms with E-state index in [1.165, 1.54) is 19.3 Å². The number of nitrogens with zero attached hydrogens (tertiary/aromatic N) is 1. The Morgan fingerprint density at radius 3 is 2.31 bits per heavy atom. The number of hydrogen-bond acceptors (Lipinski definition) is 2. The molecule has 0 aromatic carbocycles. The van der Waals surface area contributed by atoms with Gasteiger partial charge in [-0.05, 0) is 0 Å². The van der Waals surface area contributed by atoms with Crippen molar-refractivity contribution in [3.8, 4) is 0 Å². The van der Waals surface area contributed by atoms with E-state index in [0.29, 0.717) is 3.43 Å². The number of rotatable bonds is 5. The summed E-state index contributed by atoms with van der Waals surface area (Å²) in [6.45, 7) is 6.87. The Morgan fingerprint density at radius 2 is 1.92 bits per heavy atom. The van der Waals surface area contributed by atoms with Gasteiger partial charge in [0.15, 0.2) is 0 Å². The van der Waals surface area contributed by atoms with Crippen molar-refractivity contribution in [2.45, 2.75) is 43.5 Å². The normalized spacial score (nSPS) is 11.9. The molecule has 0 N–H and O–H groups in total. The zero-order chi connectivity index (χ0) is 9.73. The summed E-state index contributed by atoms with van der Waals surface area (Å²) in [7, 11) is 0. The quantitative estimate of drug-likeness (QED) is 0.777. The molecule has 1 aromatic rings. The zero-order valence-corrected chi connectivity index (χ0v) is 11.5. The molecule has 2 radical (unpaired) electrons.